The van der Waals surface area contributed by atoms with Gasteiger partial charge < -0.3 is 13.9 Å². The Morgan fingerprint density at radius 1 is 0.971 bits per heavy atom. The molecule has 4 rings (SSSR count). The summed E-state index contributed by atoms with van der Waals surface area (Å²) in [6.07, 6.45) is 7.36. The molecule has 2 amide bonds. The highest BCUT2D eigenvalue weighted by Crippen LogP contribution is 2.36. The second-order valence-corrected chi connectivity index (χ2v) is 10.6. The SMILES string of the molecule is O=C(O)C(CCCCN1C(=O)/C(=C\c2ccco2)SC1=S)N1C(=O)/C(=C/c2ccco2)SC1=S. The fourth-order valence-electron chi connectivity index (χ4n) is 3.42. The largest absolute Gasteiger partial charge is 0.480 e. The molecule has 2 fully saturated rings. The Balaban J connectivity index is 1.34. The average molecular weight is 535 g/mol. The van der Waals surface area contributed by atoms with E-state index in [1.165, 1.54) is 29.2 Å². The zero-order chi connectivity index (χ0) is 24.2. The predicted molar refractivity (Wildman–Crippen MR) is 138 cm³/mol. The third kappa shape index (κ3) is 5.35. The molecule has 0 spiro atoms. The normalized spacial score (nSPS) is 19.8. The highest BCUT2D eigenvalue weighted by Gasteiger charge is 2.40. The fourth-order valence-corrected chi connectivity index (χ4v) is 6.04. The Bertz CT molecular complexity index is 1190. The number of unbranched alkanes of at least 4 members (excludes halogenated alkanes) is 1. The topological polar surface area (TPSA) is 104 Å². The van der Waals surface area contributed by atoms with Gasteiger partial charge in [-0.25, -0.2) is 4.79 Å². The van der Waals surface area contributed by atoms with Crippen molar-refractivity contribution in [2.75, 3.05) is 6.54 Å². The van der Waals surface area contributed by atoms with Crippen LogP contribution in [0.15, 0.2) is 55.4 Å². The molecule has 12 heteroatoms. The Kier molecular flexibility index (Phi) is 7.71. The van der Waals surface area contributed by atoms with Crippen LogP contribution in [-0.4, -0.2) is 53.9 Å². The number of amides is 2. The van der Waals surface area contributed by atoms with Crippen LogP contribution < -0.4 is 0 Å². The van der Waals surface area contributed by atoms with E-state index in [1.54, 1.807) is 36.4 Å². The van der Waals surface area contributed by atoms with Crippen LogP contribution in [-0.2, 0) is 14.4 Å². The van der Waals surface area contributed by atoms with Gasteiger partial charge in [-0.1, -0.05) is 48.0 Å². The average Bonchev–Trinajstić information content (AvgIpc) is 3.58. The van der Waals surface area contributed by atoms with Crippen molar-refractivity contribution in [3.05, 3.63) is 58.1 Å². The van der Waals surface area contributed by atoms with E-state index in [0.717, 1.165) is 16.7 Å². The lowest BCUT2D eigenvalue weighted by molar-refractivity contribution is -0.145. The summed E-state index contributed by atoms with van der Waals surface area (Å²) in [5.74, 6) is -0.756. The first-order valence-corrected chi connectivity index (χ1v) is 12.6. The van der Waals surface area contributed by atoms with Crippen molar-refractivity contribution < 1.29 is 28.3 Å². The molecule has 2 aliphatic rings. The summed E-state index contributed by atoms with van der Waals surface area (Å²) in [4.78, 5) is 40.9. The lowest BCUT2D eigenvalue weighted by atomic mass is 10.1. The molecule has 2 aliphatic heterocycles. The molecule has 1 unspecified atom stereocenters. The van der Waals surface area contributed by atoms with Gasteiger partial charge in [0.05, 0.1) is 22.3 Å². The molecule has 1 N–H and O–H groups in total. The summed E-state index contributed by atoms with van der Waals surface area (Å²) in [6.45, 7) is 0.350. The number of carboxylic acid groups (broad SMARTS) is 1. The molecular formula is C22H18N2O6S4. The van der Waals surface area contributed by atoms with Crippen molar-refractivity contribution in [1.82, 2.24) is 9.80 Å². The van der Waals surface area contributed by atoms with E-state index in [-0.39, 0.29) is 16.6 Å². The van der Waals surface area contributed by atoms with E-state index in [0.29, 0.717) is 45.0 Å². The van der Waals surface area contributed by atoms with Gasteiger partial charge in [0.25, 0.3) is 11.8 Å². The molecule has 0 saturated carbocycles. The van der Waals surface area contributed by atoms with Gasteiger partial charge in [0, 0.05) is 18.7 Å². The molecule has 34 heavy (non-hydrogen) atoms. The van der Waals surface area contributed by atoms with Crippen molar-refractivity contribution >= 4 is 86.5 Å². The standard InChI is InChI=1S/C22H18N2O6S4/c25-18-16(11-13-5-3-9-29-13)33-21(31)23(18)8-2-1-7-15(20(27)28)24-19(26)17(34-22(24)32)12-14-6-4-10-30-14/h3-6,9-12,15H,1-2,7-8H2,(H,27,28)/b16-11+,17-12-. The number of carboxylic acids is 1. The molecule has 0 aliphatic carbocycles. The number of furan rings is 2. The molecule has 2 aromatic heterocycles. The van der Waals surface area contributed by atoms with Crippen LogP contribution in [0.25, 0.3) is 12.2 Å². The number of rotatable bonds is 9. The summed E-state index contributed by atoms with van der Waals surface area (Å²) in [5, 5.41) is 9.76. The van der Waals surface area contributed by atoms with Crippen LogP contribution in [0.2, 0.25) is 0 Å². The number of aliphatic carboxylic acids is 1. The highest BCUT2D eigenvalue weighted by atomic mass is 32.2. The molecule has 0 bridgehead atoms. The minimum absolute atomic E-state index is 0.187. The quantitative estimate of drug-likeness (QED) is 0.279. The van der Waals surface area contributed by atoms with E-state index in [4.69, 9.17) is 33.3 Å². The smallest absolute Gasteiger partial charge is 0.326 e. The second-order valence-electron chi connectivity index (χ2n) is 7.27. The maximum atomic E-state index is 12.8. The second kappa shape index (κ2) is 10.7. The van der Waals surface area contributed by atoms with Gasteiger partial charge in [0.2, 0.25) is 0 Å². The van der Waals surface area contributed by atoms with Crippen molar-refractivity contribution in [3.63, 3.8) is 0 Å². The van der Waals surface area contributed by atoms with Gasteiger partial charge in [-0.3, -0.25) is 19.4 Å². The van der Waals surface area contributed by atoms with E-state index >= 15 is 0 Å². The van der Waals surface area contributed by atoms with Crippen LogP contribution >= 0.6 is 48.0 Å². The van der Waals surface area contributed by atoms with Gasteiger partial charge >= 0.3 is 5.97 Å². The van der Waals surface area contributed by atoms with E-state index in [1.807, 2.05) is 0 Å². The van der Waals surface area contributed by atoms with Gasteiger partial charge in [-0.2, -0.15) is 0 Å². The minimum atomic E-state index is -1.14. The summed E-state index contributed by atoms with van der Waals surface area (Å²) in [5.41, 5.74) is 0. The number of nitrogens with zero attached hydrogens (tertiary/aromatic N) is 2. The number of carbonyl (C=O) groups excluding carboxylic acids is 2. The Morgan fingerprint density at radius 2 is 1.56 bits per heavy atom. The van der Waals surface area contributed by atoms with Crippen LogP contribution in [0.5, 0.6) is 0 Å². The lowest BCUT2D eigenvalue weighted by Crippen LogP contribution is -2.44. The number of thioether (sulfide) groups is 2. The molecule has 0 aromatic carbocycles. The highest BCUT2D eigenvalue weighted by molar-refractivity contribution is 8.27. The third-order valence-corrected chi connectivity index (χ3v) is 7.74. The first kappa shape index (κ1) is 24.5. The number of hydrogen-bond donors (Lipinski definition) is 1. The van der Waals surface area contributed by atoms with Gasteiger partial charge in [0.1, 0.15) is 26.2 Å². The first-order valence-electron chi connectivity index (χ1n) is 10.2. The maximum Gasteiger partial charge on any atom is 0.326 e. The molecule has 2 saturated heterocycles. The molecule has 0 radical (unpaired) electrons. The van der Waals surface area contributed by atoms with Gasteiger partial charge in [-0.05, 0) is 43.5 Å². The summed E-state index contributed by atoms with van der Waals surface area (Å²) in [7, 11) is 0. The molecule has 4 heterocycles. The predicted octanol–water partition coefficient (Wildman–Crippen LogP) is 4.60. The zero-order valence-electron chi connectivity index (χ0n) is 17.5. The van der Waals surface area contributed by atoms with E-state index in [2.05, 4.69) is 0 Å². The Hall–Kier alpha value is -2.67. The van der Waals surface area contributed by atoms with Gasteiger partial charge in [0.15, 0.2) is 0 Å². The fraction of sp³-hybridized carbons (Fsp3) is 0.227. The lowest BCUT2D eigenvalue weighted by Gasteiger charge is -2.23. The molecular weight excluding hydrogens is 517 g/mol. The van der Waals surface area contributed by atoms with E-state index < -0.39 is 17.9 Å². The summed E-state index contributed by atoms with van der Waals surface area (Å²) in [6, 6.07) is 5.77. The minimum Gasteiger partial charge on any atom is -0.480 e. The zero-order valence-corrected chi connectivity index (χ0v) is 20.8. The maximum absolute atomic E-state index is 12.8. The van der Waals surface area contributed by atoms with Crippen molar-refractivity contribution in [2.45, 2.75) is 25.3 Å². The summed E-state index contributed by atoms with van der Waals surface area (Å²) >= 11 is 12.9. The molecule has 8 nitrogen and oxygen atoms in total. The van der Waals surface area contributed by atoms with Crippen molar-refractivity contribution in [1.29, 1.82) is 0 Å². The van der Waals surface area contributed by atoms with Crippen LogP contribution in [0, 0.1) is 0 Å². The summed E-state index contributed by atoms with van der Waals surface area (Å²) < 4.78 is 11.1. The van der Waals surface area contributed by atoms with Crippen LogP contribution in [0.3, 0.4) is 0 Å². The van der Waals surface area contributed by atoms with Crippen molar-refractivity contribution in [3.8, 4) is 0 Å². The Morgan fingerprint density at radius 3 is 2.12 bits per heavy atom. The molecule has 1 atom stereocenters. The Labute approximate surface area is 214 Å². The van der Waals surface area contributed by atoms with E-state index in [9.17, 15) is 19.5 Å². The van der Waals surface area contributed by atoms with Gasteiger partial charge in [-0.15, -0.1) is 0 Å². The van der Waals surface area contributed by atoms with Crippen molar-refractivity contribution in [2.24, 2.45) is 0 Å². The molecule has 176 valence electrons. The third-order valence-electron chi connectivity index (χ3n) is 5.04. The number of carbonyl (C=O) groups is 3. The van der Waals surface area contributed by atoms with Crippen LogP contribution in [0.4, 0.5) is 0 Å². The molecule has 2 aromatic rings. The van der Waals surface area contributed by atoms with Crippen LogP contribution in [0.1, 0.15) is 30.8 Å². The number of hydrogen-bond acceptors (Lipinski definition) is 9. The monoisotopic (exact) mass is 534 g/mol. The number of thiocarbonyl (C=S) groups is 2. The first-order chi connectivity index (χ1) is 16.3.